The largest absolute Gasteiger partial charge is 0.282 e. The van der Waals surface area contributed by atoms with Gasteiger partial charge in [-0.05, 0) is 31.1 Å². The number of imide groups is 1. The van der Waals surface area contributed by atoms with Crippen molar-refractivity contribution in [2.45, 2.75) is 51.4 Å². The predicted molar refractivity (Wildman–Crippen MR) is 69.9 cm³/mol. The quantitative estimate of drug-likeness (QED) is 0.594. The summed E-state index contributed by atoms with van der Waals surface area (Å²) in [7, 11) is 0. The van der Waals surface area contributed by atoms with E-state index >= 15 is 0 Å². The lowest BCUT2D eigenvalue weighted by Gasteiger charge is -2.32. The highest BCUT2D eigenvalue weighted by Crippen LogP contribution is 2.40. The third-order valence-corrected chi connectivity index (χ3v) is 5.26. The van der Waals surface area contributed by atoms with Crippen LogP contribution in [0.2, 0.25) is 0 Å². The van der Waals surface area contributed by atoms with Gasteiger partial charge in [-0.1, -0.05) is 28.8 Å². The Morgan fingerprint density at radius 3 is 2.00 bits per heavy atom. The van der Waals surface area contributed by atoms with Crippen molar-refractivity contribution < 1.29 is 9.59 Å². The van der Waals surface area contributed by atoms with Crippen LogP contribution in [0.1, 0.15) is 51.4 Å². The van der Waals surface area contributed by atoms with Crippen molar-refractivity contribution in [3.05, 3.63) is 0 Å². The van der Waals surface area contributed by atoms with Gasteiger partial charge in [0, 0.05) is 24.7 Å². The third kappa shape index (κ3) is 2.90. The lowest BCUT2D eigenvalue weighted by molar-refractivity contribution is -0.145. The summed E-state index contributed by atoms with van der Waals surface area (Å²) in [5, 5.41) is 0.900. The van der Waals surface area contributed by atoms with E-state index in [9.17, 15) is 9.59 Å². The minimum atomic E-state index is 0.0414. The molecule has 0 aromatic rings. The number of alkyl halides is 1. The van der Waals surface area contributed by atoms with E-state index in [1.54, 1.807) is 4.90 Å². The first-order valence-corrected chi connectivity index (χ1v) is 7.68. The van der Waals surface area contributed by atoms with Gasteiger partial charge in [0.1, 0.15) is 0 Å². The van der Waals surface area contributed by atoms with Crippen molar-refractivity contribution in [1.29, 1.82) is 0 Å². The van der Waals surface area contributed by atoms with E-state index in [1.807, 2.05) is 0 Å². The van der Waals surface area contributed by atoms with E-state index in [2.05, 4.69) is 15.9 Å². The summed E-state index contributed by atoms with van der Waals surface area (Å²) in [5.41, 5.74) is 0.148. The second-order valence-corrected chi connectivity index (χ2v) is 5.98. The van der Waals surface area contributed by atoms with Crippen molar-refractivity contribution in [3.63, 3.8) is 0 Å². The molecule has 17 heavy (non-hydrogen) atoms. The van der Waals surface area contributed by atoms with Gasteiger partial charge in [-0.25, -0.2) is 0 Å². The van der Waals surface area contributed by atoms with Crippen LogP contribution in [0.15, 0.2) is 0 Å². The maximum absolute atomic E-state index is 12.0. The highest BCUT2D eigenvalue weighted by atomic mass is 79.9. The summed E-state index contributed by atoms with van der Waals surface area (Å²) in [4.78, 5) is 25.5. The van der Waals surface area contributed by atoms with Crippen molar-refractivity contribution in [3.8, 4) is 0 Å². The van der Waals surface area contributed by atoms with Gasteiger partial charge in [0.05, 0.1) is 0 Å². The van der Waals surface area contributed by atoms with E-state index in [4.69, 9.17) is 0 Å². The molecular formula is C13H20BrNO2. The Kier molecular flexibility index (Phi) is 4.23. The van der Waals surface area contributed by atoms with Crippen molar-refractivity contribution >= 4 is 27.7 Å². The molecule has 0 bridgehead atoms. The average Bonchev–Trinajstić information content (AvgIpc) is 2.74. The minimum Gasteiger partial charge on any atom is -0.282 e. The Morgan fingerprint density at radius 1 is 1.00 bits per heavy atom. The minimum absolute atomic E-state index is 0.0414. The number of hydrogen-bond acceptors (Lipinski definition) is 2. The fourth-order valence-corrected chi connectivity index (χ4v) is 3.67. The molecule has 0 aromatic heterocycles. The van der Waals surface area contributed by atoms with Gasteiger partial charge in [0.25, 0.3) is 0 Å². The standard InChI is InChI=1S/C13H20BrNO2/c14-9-13(7-3-4-8-13)10-15-11(16)5-1-2-6-12(15)17/h1-10H2. The van der Waals surface area contributed by atoms with Crippen LogP contribution in [-0.4, -0.2) is 28.6 Å². The molecule has 1 aliphatic heterocycles. The van der Waals surface area contributed by atoms with Crippen LogP contribution < -0.4 is 0 Å². The van der Waals surface area contributed by atoms with Gasteiger partial charge in [-0.2, -0.15) is 0 Å². The second kappa shape index (κ2) is 5.51. The highest BCUT2D eigenvalue weighted by molar-refractivity contribution is 9.09. The van der Waals surface area contributed by atoms with E-state index < -0.39 is 0 Å². The van der Waals surface area contributed by atoms with E-state index in [0.29, 0.717) is 19.4 Å². The summed E-state index contributed by atoms with van der Waals surface area (Å²) in [6, 6.07) is 0. The number of nitrogens with zero attached hydrogens (tertiary/aromatic N) is 1. The van der Waals surface area contributed by atoms with Crippen LogP contribution in [0.3, 0.4) is 0 Å². The Hall–Kier alpha value is -0.380. The highest BCUT2D eigenvalue weighted by Gasteiger charge is 2.38. The second-order valence-electron chi connectivity index (χ2n) is 5.42. The Labute approximate surface area is 111 Å². The molecule has 96 valence electrons. The molecule has 1 aliphatic carbocycles. The maximum atomic E-state index is 12.0. The van der Waals surface area contributed by atoms with E-state index in [1.165, 1.54) is 12.8 Å². The maximum Gasteiger partial charge on any atom is 0.229 e. The lowest BCUT2D eigenvalue weighted by atomic mass is 9.88. The van der Waals surface area contributed by atoms with Crippen LogP contribution in [-0.2, 0) is 9.59 Å². The number of carbonyl (C=O) groups excluding carboxylic acids is 2. The molecule has 0 spiro atoms. The van der Waals surface area contributed by atoms with Gasteiger partial charge < -0.3 is 0 Å². The monoisotopic (exact) mass is 301 g/mol. The van der Waals surface area contributed by atoms with Crippen LogP contribution in [0.5, 0.6) is 0 Å². The molecule has 1 heterocycles. The first-order chi connectivity index (χ1) is 8.17. The lowest BCUT2D eigenvalue weighted by Crippen LogP contribution is -2.43. The fourth-order valence-electron chi connectivity index (χ4n) is 2.93. The number of halogens is 1. The molecule has 3 nitrogen and oxygen atoms in total. The third-order valence-electron chi connectivity index (χ3n) is 4.07. The summed E-state index contributed by atoms with van der Waals surface area (Å²) in [6.45, 7) is 0.635. The van der Waals surface area contributed by atoms with Gasteiger partial charge in [-0.3, -0.25) is 14.5 Å². The zero-order valence-electron chi connectivity index (χ0n) is 10.2. The molecule has 0 radical (unpaired) electrons. The summed E-state index contributed by atoms with van der Waals surface area (Å²) >= 11 is 3.57. The zero-order chi connectivity index (χ0) is 12.3. The molecule has 0 N–H and O–H groups in total. The molecule has 2 amide bonds. The van der Waals surface area contributed by atoms with Crippen molar-refractivity contribution in [1.82, 2.24) is 4.90 Å². The van der Waals surface area contributed by atoms with Gasteiger partial charge in [-0.15, -0.1) is 0 Å². The number of hydrogen-bond donors (Lipinski definition) is 0. The van der Waals surface area contributed by atoms with Crippen LogP contribution in [0.4, 0.5) is 0 Å². The summed E-state index contributed by atoms with van der Waals surface area (Å²) in [6.07, 6.45) is 7.53. The fraction of sp³-hybridized carbons (Fsp3) is 0.846. The molecule has 2 aliphatic rings. The van der Waals surface area contributed by atoms with Crippen molar-refractivity contribution in [2.75, 3.05) is 11.9 Å². The normalized spacial score (nSPS) is 25.1. The molecule has 2 fully saturated rings. The van der Waals surface area contributed by atoms with Crippen LogP contribution in [0, 0.1) is 5.41 Å². The number of amides is 2. The average molecular weight is 302 g/mol. The molecule has 2 rings (SSSR count). The number of carbonyl (C=O) groups is 2. The number of rotatable bonds is 3. The molecule has 1 saturated heterocycles. The topological polar surface area (TPSA) is 37.4 Å². The molecular weight excluding hydrogens is 282 g/mol. The Morgan fingerprint density at radius 2 is 1.53 bits per heavy atom. The summed E-state index contributed by atoms with van der Waals surface area (Å²) in [5.74, 6) is 0.0828. The summed E-state index contributed by atoms with van der Waals surface area (Å²) < 4.78 is 0. The number of likely N-dealkylation sites (tertiary alicyclic amines) is 1. The molecule has 1 saturated carbocycles. The van der Waals surface area contributed by atoms with Gasteiger partial charge in [0.15, 0.2) is 0 Å². The molecule has 0 unspecified atom stereocenters. The molecule has 0 atom stereocenters. The first-order valence-electron chi connectivity index (χ1n) is 6.56. The Bertz CT molecular complexity index is 293. The van der Waals surface area contributed by atoms with Crippen molar-refractivity contribution in [2.24, 2.45) is 5.41 Å². The zero-order valence-corrected chi connectivity index (χ0v) is 11.8. The van der Waals surface area contributed by atoms with Gasteiger partial charge in [0.2, 0.25) is 11.8 Å². The van der Waals surface area contributed by atoms with Gasteiger partial charge >= 0.3 is 0 Å². The molecule has 4 heteroatoms. The molecule has 0 aromatic carbocycles. The first kappa shape index (κ1) is 13.1. The SMILES string of the molecule is O=C1CCCCC(=O)N1CC1(CBr)CCCC1. The predicted octanol–water partition coefficient (Wildman–Crippen LogP) is 2.87. The van der Waals surface area contributed by atoms with Crippen LogP contribution >= 0.6 is 15.9 Å². The smallest absolute Gasteiger partial charge is 0.229 e. The van der Waals surface area contributed by atoms with E-state index in [0.717, 1.165) is 31.0 Å². The van der Waals surface area contributed by atoms with Crippen LogP contribution in [0.25, 0.3) is 0 Å². The Balaban J connectivity index is 2.08. The van der Waals surface area contributed by atoms with E-state index in [-0.39, 0.29) is 17.2 Å².